The first-order chi connectivity index (χ1) is 5.22. The highest BCUT2D eigenvalue weighted by atomic mass is 19.1. The molecule has 2 rings (SSSR count). The Labute approximate surface area is 66.3 Å². The molecule has 2 bridgehead atoms. The van der Waals surface area contributed by atoms with Crippen LogP contribution in [0.5, 0.6) is 0 Å². The molecular formula is C8H15FN2. The van der Waals surface area contributed by atoms with Crippen LogP contribution in [0.4, 0.5) is 4.39 Å². The molecule has 11 heavy (non-hydrogen) atoms. The van der Waals surface area contributed by atoms with E-state index >= 15 is 0 Å². The molecule has 0 aromatic carbocycles. The molecule has 2 saturated heterocycles. The van der Waals surface area contributed by atoms with Crippen LogP contribution >= 0.6 is 0 Å². The van der Waals surface area contributed by atoms with Crippen LogP contribution in [0, 0.1) is 0 Å². The van der Waals surface area contributed by atoms with E-state index in [0.717, 1.165) is 12.8 Å². The minimum atomic E-state index is -1.06. The molecule has 2 aliphatic heterocycles. The fourth-order valence-corrected chi connectivity index (χ4v) is 2.36. The second-order valence-electron chi connectivity index (χ2n) is 3.90. The van der Waals surface area contributed by atoms with E-state index in [-0.39, 0.29) is 6.54 Å². The number of hydrogen-bond acceptors (Lipinski definition) is 2. The van der Waals surface area contributed by atoms with E-state index in [2.05, 4.69) is 5.32 Å². The molecule has 0 aromatic rings. The Balaban J connectivity index is 2.07. The van der Waals surface area contributed by atoms with Crippen LogP contribution in [0.15, 0.2) is 0 Å². The summed E-state index contributed by atoms with van der Waals surface area (Å²) >= 11 is 0. The van der Waals surface area contributed by atoms with Crippen LogP contribution in [0.25, 0.3) is 0 Å². The predicted octanol–water partition coefficient (Wildman–Crippen LogP) is 0.568. The van der Waals surface area contributed by atoms with Gasteiger partial charge in [0.2, 0.25) is 0 Å². The topological polar surface area (TPSA) is 38.0 Å². The molecule has 0 radical (unpaired) electrons. The van der Waals surface area contributed by atoms with Crippen LogP contribution in [0.2, 0.25) is 0 Å². The van der Waals surface area contributed by atoms with Crippen LogP contribution in [0.3, 0.4) is 0 Å². The van der Waals surface area contributed by atoms with Crippen molar-refractivity contribution < 1.29 is 4.39 Å². The van der Waals surface area contributed by atoms with Crippen molar-refractivity contribution in [1.82, 2.24) is 5.32 Å². The van der Waals surface area contributed by atoms with E-state index < -0.39 is 5.67 Å². The van der Waals surface area contributed by atoms with Gasteiger partial charge in [-0.3, -0.25) is 0 Å². The van der Waals surface area contributed by atoms with Crippen molar-refractivity contribution in [3.05, 3.63) is 0 Å². The molecule has 3 N–H and O–H groups in total. The Hall–Kier alpha value is -0.150. The van der Waals surface area contributed by atoms with Crippen molar-refractivity contribution in [3.8, 4) is 0 Å². The highest BCUT2D eigenvalue weighted by Crippen LogP contribution is 2.35. The Morgan fingerprint density at radius 1 is 1.36 bits per heavy atom. The summed E-state index contributed by atoms with van der Waals surface area (Å²) in [7, 11) is 0. The van der Waals surface area contributed by atoms with Crippen molar-refractivity contribution in [2.45, 2.75) is 43.4 Å². The lowest BCUT2D eigenvalue weighted by molar-refractivity contribution is 0.0981. The van der Waals surface area contributed by atoms with Gasteiger partial charge in [0, 0.05) is 18.6 Å². The molecule has 0 amide bonds. The number of nitrogens with two attached hydrogens (primary N) is 1. The van der Waals surface area contributed by atoms with Crippen LogP contribution < -0.4 is 11.1 Å². The second kappa shape index (κ2) is 2.42. The minimum absolute atomic E-state index is 0.196. The molecule has 0 aliphatic carbocycles. The molecular weight excluding hydrogens is 143 g/mol. The van der Waals surface area contributed by atoms with E-state index in [1.165, 1.54) is 0 Å². The van der Waals surface area contributed by atoms with Crippen LogP contribution in [-0.4, -0.2) is 24.3 Å². The first kappa shape index (κ1) is 7.50. The number of piperidine rings is 1. The predicted molar refractivity (Wildman–Crippen MR) is 42.1 cm³/mol. The van der Waals surface area contributed by atoms with Gasteiger partial charge in [-0.2, -0.15) is 0 Å². The van der Waals surface area contributed by atoms with Crippen LogP contribution in [-0.2, 0) is 0 Å². The lowest BCUT2D eigenvalue weighted by Gasteiger charge is -2.33. The summed E-state index contributed by atoms with van der Waals surface area (Å²) < 4.78 is 13.7. The molecule has 2 nitrogen and oxygen atoms in total. The quantitative estimate of drug-likeness (QED) is 0.585. The first-order valence-corrected chi connectivity index (χ1v) is 4.37. The van der Waals surface area contributed by atoms with Gasteiger partial charge in [0.1, 0.15) is 5.67 Å². The zero-order valence-electron chi connectivity index (χ0n) is 6.65. The normalized spacial score (nSPS) is 49.6. The van der Waals surface area contributed by atoms with Crippen LogP contribution in [0.1, 0.15) is 25.7 Å². The van der Waals surface area contributed by atoms with Gasteiger partial charge >= 0.3 is 0 Å². The molecule has 0 aromatic heterocycles. The third-order valence-corrected chi connectivity index (χ3v) is 2.93. The van der Waals surface area contributed by atoms with Gasteiger partial charge in [-0.05, 0) is 25.7 Å². The van der Waals surface area contributed by atoms with Gasteiger partial charge in [0.25, 0.3) is 0 Å². The summed E-state index contributed by atoms with van der Waals surface area (Å²) in [5, 5.41) is 3.38. The number of nitrogens with one attached hydrogen (secondary N) is 1. The Bertz CT molecular complexity index is 148. The Morgan fingerprint density at radius 2 is 1.91 bits per heavy atom. The van der Waals surface area contributed by atoms with Crippen molar-refractivity contribution >= 4 is 0 Å². The average molecular weight is 158 g/mol. The highest BCUT2D eigenvalue weighted by Gasteiger charge is 2.42. The number of hydrogen-bond donors (Lipinski definition) is 2. The van der Waals surface area contributed by atoms with Gasteiger partial charge in [-0.1, -0.05) is 0 Å². The van der Waals surface area contributed by atoms with Crippen molar-refractivity contribution in [3.63, 3.8) is 0 Å². The molecule has 2 aliphatic rings. The SMILES string of the molecule is NCC1(F)CC2CCC(C1)N2. The summed E-state index contributed by atoms with van der Waals surface area (Å²) in [5.41, 5.74) is 4.33. The average Bonchev–Trinajstić information content (AvgIpc) is 2.31. The van der Waals surface area contributed by atoms with Gasteiger partial charge in [-0.15, -0.1) is 0 Å². The summed E-state index contributed by atoms with van der Waals surface area (Å²) in [4.78, 5) is 0. The lowest BCUT2D eigenvalue weighted by atomic mass is 9.89. The number of rotatable bonds is 1. The highest BCUT2D eigenvalue weighted by molar-refractivity contribution is 5.00. The third-order valence-electron chi connectivity index (χ3n) is 2.93. The van der Waals surface area contributed by atoms with E-state index in [9.17, 15) is 4.39 Å². The number of halogens is 1. The second-order valence-corrected chi connectivity index (χ2v) is 3.90. The Morgan fingerprint density at radius 3 is 2.36 bits per heavy atom. The monoisotopic (exact) mass is 158 g/mol. The maximum atomic E-state index is 13.7. The number of alkyl halides is 1. The van der Waals surface area contributed by atoms with Crippen molar-refractivity contribution in [2.75, 3.05) is 6.54 Å². The summed E-state index contributed by atoms with van der Waals surface area (Å²) in [6, 6.07) is 0.810. The maximum absolute atomic E-state index is 13.7. The van der Waals surface area contributed by atoms with Gasteiger partial charge in [0.15, 0.2) is 0 Å². The van der Waals surface area contributed by atoms with E-state index in [1.54, 1.807) is 0 Å². The fourth-order valence-electron chi connectivity index (χ4n) is 2.36. The number of fused-ring (bicyclic) bond motifs is 2. The summed E-state index contributed by atoms with van der Waals surface area (Å²) in [5.74, 6) is 0. The fraction of sp³-hybridized carbons (Fsp3) is 1.00. The van der Waals surface area contributed by atoms with Gasteiger partial charge in [0.05, 0.1) is 0 Å². The first-order valence-electron chi connectivity index (χ1n) is 4.37. The molecule has 2 fully saturated rings. The van der Waals surface area contributed by atoms with Gasteiger partial charge < -0.3 is 11.1 Å². The minimum Gasteiger partial charge on any atom is -0.328 e. The standard InChI is InChI=1S/C8H15FN2/c9-8(5-10)3-6-1-2-7(4-8)11-6/h6-7,11H,1-5,10H2. The Kier molecular flexibility index (Phi) is 1.65. The van der Waals surface area contributed by atoms with E-state index in [1.807, 2.05) is 0 Å². The summed E-state index contributed by atoms with van der Waals surface area (Å²) in [6.45, 7) is 0.196. The maximum Gasteiger partial charge on any atom is 0.126 e. The molecule has 0 spiro atoms. The molecule has 2 unspecified atom stereocenters. The zero-order valence-corrected chi connectivity index (χ0v) is 6.65. The molecule has 64 valence electrons. The lowest BCUT2D eigenvalue weighted by Crippen LogP contribution is -2.49. The molecule has 0 saturated carbocycles. The largest absolute Gasteiger partial charge is 0.328 e. The molecule has 3 heteroatoms. The van der Waals surface area contributed by atoms with E-state index in [0.29, 0.717) is 24.9 Å². The molecule has 2 atom stereocenters. The van der Waals surface area contributed by atoms with Gasteiger partial charge in [-0.25, -0.2) is 4.39 Å². The third kappa shape index (κ3) is 1.27. The zero-order chi connectivity index (χ0) is 7.90. The molecule has 2 heterocycles. The van der Waals surface area contributed by atoms with Crippen molar-refractivity contribution in [1.29, 1.82) is 0 Å². The van der Waals surface area contributed by atoms with E-state index in [4.69, 9.17) is 5.73 Å². The smallest absolute Gasteiger partial charge is 0.126 e. The van der Waals surface area contributed by atoms with Crippen molar-refractivity contribution in [2.24, 2.45) is 5.73 Å². The summed E-state index contributed by atoms with van der Waals surface area (Å²) in [6.07, 6.45) is 3.52.